The topological polar surface area (TPSA) is 66.0 Å². The minimum Gasteiger partial charge on any atom is -0.481 e. The first-order valence-electron chi connectivity index (χ1n) is 7.07. The van der Waals surface area contributed by atoms with E-state index < -0.39 is 5.97 Å². The second kappa shape index (κ2) is 4.99. The monoisotopic (exact) mass is 264 g/mol. The van der Waals surface area contributed by atoms with Gasteiger partial charge in [0, 0.05) is 18.5 Å². The molecule has 1 aliphatic carbocycles. The first-order valence-corrected chi connectivity index (χ1v) is 7.07. The number of fused-ring (bicyclic) bond motifs is 1. The number of hydrogen-bond acceptors (Lipinski definition) is 2. The molecular formula is C15H24N2O2. The van der Waals surface area contributed by atoms with Gasteiger partial charge in [-0.1, -0.05) is 27.7 Å². The minimum atomic E-state index is -0.690. The van der Waals surface area contributed by atoms with Crippen LogP contribution in [0.5, 0.6) is 0 Å². The third-order valence-electron chi connectivity index (χ3n) is 4.42. The SMILES string of the molecule is CC(Cc1nc2c([nH]1)CC(C(=O)O)CC2)C(C)(C)C. The van der Waals surface area contributed by atoms with E-state index in [4.69, 9.17) is 5.11 Å². The Kier molecular flexibility index (Phi) is 3.70. The average molecular weight is 264 g/mol. The third kappa shape index (κ3) is 3.17. The van der Waals surface area contributed by atoms with Crippen LogP contribution in [0.3, 0.4) is 0 Å². The number of aromatic amines is 1. The number of aromatic nitrogens is 2. The maximum Gasteiger partial charge on any atom is 0.306 e. The van der Waals surface area contributed by atoms with Crippen LogP contribution in [0.1, 0.15) is 51.3 Å². The minimum absolute atomic E-state index is 0.249. The lowest BCUT2D eigenvalue weighted by atomic mass is 9.80. The lowest BCUT2D eigenvalue weighted by Crippen LogP contribution is -2.22. The van der Waals surface area contributed by atoms with Crippen molar-refractivity contribution in [2.24, 2.45) is 17.3 Å². The quantitative estimate of drug-likeness (QED) is 0.882. The summed E-state index contributed by atoms with van der Waals surface area (Å²) in [6, 6.07) is 0. The number of nitrogens with one attached hydrogen (secondary N) is 1. The zero-order valence-corrected chi connectivity index (χ0v) is 12.3. The summed E-state index contributed by atoms with van der Waals surface area (Å²) < 4.78 is 0. The summed E-state index contributed by atoms with van der Waals surface area (Å²) in [6.45, 7) is 8.95. The van der Waals surface area contributed by atoms with Gasteiger partial charge in [-0.05, 0) is 24.2 Å². The smallest absolute Gasteiger partial charge is 0.306 e. The molecule has 0 aromatic carbocycles. The van der Waals surface area contributed by atoms with Gasteiger partial charge in [0.15, 0.2) is 0 Å². The van der Waals surface area contributed by atoms with Crippen molar-refractivity contribution >= 4 is 5.97 Å². The molecule has 2 N–H and O–H groups in total. The predicted molar refractivity (Wildman–Crippen MR) is 74.1 cm³/mol. The van der Waals surface area contributed by atoms with Crippen LogP contribution >= 0.6 is 0 Å². The largest absolute Gasteiger partial charge is 0.481 e. The molecule has 0 fully saturated rings. The molecule has 0 saturated heterocycles. The number of rotatable bonds is 3. The van der Waals surface area contributed by atoms with Crippen molar-refractivity contribution in [2.45, 2.75) is 53.4 Å². The number of hydrogen-bond donors (Lipinski definition) is 2. The average Bonchev–Trinajstić information content (AvgIpc) is 2.68. The summed E-state index contributed by atoms with van der Waals surface area (Å²) in [5.41, 5.74) is 2.38. The number of carboxylic acids is 1. The molecule has 0 amide bonds. The van der Waals surface area contributed by atoms with Gasteiger partial charge in [-0.25, -0.2) is 4.98 Å². The second-order valence-electron chi connectivity index (χ2n) is 6.86. The molecule has 0 saturated carbocycles. The van der Waals surface area contributed by atoms with Gasteiger partial charge in [0.2, 0.25) is 0 Å². The molecule has 1 aliphatic rings. The van der Waals surface area contributed by atoms with Crippen molar-refractivity contribution in [3.05, 3.63) is 17.2 Å². The van der Waals surface area contributed by atoms with Gasteiger partial charge in [-0.15, -0.1) is 0 Å². The van der Waals surface area contributed by atoms with E-state index in [1.165, 1.54) is 0 Å². The fourth-order valence-corrected chi connectivity index (χ4v) is 2.44. The van der Waals surface area contributed by atoms with Gasteiger partial charge >= 0.3 is 5.97 Å². The van der Waals surface area contributed by atoms with Gasteiger partial charge in [-0.2, -0.15) is 0 Å². The van der Waals surface area contributed by atoms with Crippen LogP contribution < -0.4 is 0 Å². The van der Waals surface area contributed by atoms with Crippen LogP contribution in [0.2, 0.25) is 0 Å². The molecule has 1 heterocycles. The molecule has 2 unspecified atom stereocenters. The van der Waals surface area contributed by atoms with E-state index in [0.29, 0.717) is 18.8 Å². The number of aliphatic carboxylic acids is 1. The highest BCUT2D eigenvalue weighted by molar-refractivity contribution is 5.70. The Morgan fingerprint density at radius 2 is 2.21 bits per heavy atom. The van der Waals surface area contributed by atoms with Crippen LogP contribution in [0.4, 0.5) is 0 Å². The molecule has 0 bridgehead atoms. The number of H-pyrrole nitrogens is 1. The molecular weight excluding hydrogens is 240 g/mol. The maximum atomic E-state index is 11.0. The maximum absolute atomic E-state index is 11.0. The van der Waals surface area contributed by atoms with Crippen LogP contribution in [0, 0.1) is 17.3 Å². The number of carbonyl (C=O) groups is 1. The molecule has 4 nitrogen and oxygen atoms in total. The van der Waals surface area contributed by atoms with E-state index in [1.54, 1.807) is 0 Å². The standard InChI is InChI=1S/C15H24N2O2/c1-9(15(2,3)4)7-13-16-11-6-5-10(14(18)19)8-12(11)17-13/h9-10H,5-8H2,1-4H3,(H,16,17)(H,18,19). The first-order chi connectivity index (χ1) is 8.77. The van der Waals surface area contributed by atoms with Crippen LogP contribution in [0.25, 0.3) is 0 Å². The van der Waals surface area contributed by atoms with Crippen molar-refractivity contribution in [1.29, 1.82) is 0 Å². The van der Waals surface area contributed by atoms with Crippen LogP contribution in [-0.2, 0) is 24.1 Å². The van der Waals surface area contributed by atoms with Crippen molar-refractivity contribution in [3.63, 3.8) is 0 Å². The Balaban J connectivity index is 2.09. The van der Waals surface area contributed by atoms with Crippen molar-refractivity contribution < 1.29 is 9.90 Å². The highest BCUT2D eigenvalue weighted by Crippen LogP contribution is 2.29. The summed E-state index contributed by atoms with van der Waals surface area (Å²) >= 11 is 0. The Hall–Kier alpha value is -1.32. The zero-order valence-electron chi connectivity index (χ0n) is 12.3. The normalized spacial score (nSPS) is 20.9. The number of nitrogens with zero attached hydrogens (tertiary/aromatic N) is 1. The van der Waals surface area contributed by atoms with Crippen molar-refractivity contribution in [3.8, 4) is 0 Å². The van der Waals surface area contributed by atoms with E-state index in [9.17, 15) is 4.79 Å². The summed E-state index contributed by atoms with van der Waals surface area (Å²) in [6.07, 6.45) is 3.02. The van der Waals surface area contributed by atoms with E-state index >= 15 is 0 Å². The number of aryl methyl sites for hydroxylation is 1. The fourth-order valence-electron chi connectivity index (χ4n) is 2.44. The summed E-state index contributed by atoms with van der Waals surface area (Å²) in [4.78, 5) is 19.0. The number of imidazole rings is 1. The Morgan fingerprint density at radius 3 is 2.79 bits per heavy atom. The second-order valence-corrected chi connectivity index (χ2v) is 6.86. The molecule has 0 radical (unpaired) electrons. The lowest BCUT2D eigenvalue weighted by Gasteiger charge is -2.26. The predicted octanol–water partition coefficient (Wildman–Crippen LogP) is 2.82. The van der Waals surface area contributed by atoms with Gasteiger partial charge in [0.05, 0.1) is 11.6 Å². The van der Waals surface area contributed by atoms with Gasteiger partial charge in [0.1, 0.15) is 5.82 Å². The van der Waals surface area contributed by atoms with E-state index in [0.717, 1.165) is 30.1 Å². The van der Waals surface area contributed by atoms with Crippen LogP contribution in [0.15, 0.2) is 0 Å². The molecule has 4 heteroatoms. The van der Waals surface area contributed by atoms with Crippen molar-refractivity contribution in [1.82, 2.24) is 9.97 Å². The molecule has 106 valence electrons. The van der Waals surface area contributed by atoms with Crippen molar-refractivity contribution in [2.75, 3.05) is 0 Å². The summed E-state index contributed by atoms with van der Waals surface area (Å²) in [7, 11) is 0. The third-order valence-corrected chi connectivity index (χ3v) is 4.42. The molecule has 2 rings (SSSR count). The van der Waals surface area contributed by atoms with Gasteiger partial charge in [-0.3, -0.25) is 4.79 Å². The zero-order chi connectivity index (χ0) is 14.2. The van der Waals surface area contributed by atoms with E-state index in [-0.39, 0.29) is 11.3 Å². The van der Waals surface area contributed by atoms with E-state index in [2.05, 4.69) is 37.7 Å². The Bertz CT molecular complexity index is 471. The van der Waals surface area contributed by atoms with Gasteiger partial charge in [0.25, 0.3) is 0 Å². The molecule has 19 heavy (non-hydrogen) atoms. The van der Waals surface area contributed by atoms with Gasteiger partial charge < -0.3 is 10.1 Å². The summed E-state index contributed by atoms with van der Waals surface area (Å²) in [5, 5.41) is 9.09. The lowest BCUT2D eigenvalue weighted by molar-refractivity contribution is -0.142. The number of carboxylic acid groups (broad SMARTS) is 1. The molecule has 1 aromatic heterocycles. The summed E-state index contributed by atoms with van der Waals surface area (Å²) in [5.74, 6) is 0.611. The highest BCUT2D eigenvalue weighted by atomic mass is 16.4. The molecule has 0 spiro atoms. The first kappa shape index (κ1) is 14.1. The Morgan fingerprint density at radius 1 is 1.53 bits per heavy atom. The van der Waals surface area contributed by atoms with Crippen LogP contribution in [-0.4, -0.2) is 21.0 Å². The molecule has 2 atom stereocenters. The molecule has 0 aliphatic heterocycles. The van der Waals surface area contributed by atoms with E-state index in [1.807, 2.05) is 0 Å². The highest BCUT2D eigenvalue weighted by Gasteiger charge is 2.28. The molecule has 1 aromatic rings. The Labute approximate surface area is 114 Å². The fraction of sp³-hybridized carbons (Fsp3) is 0.733.